The normalized spacial score (nSPS) is 23.0. The van der Waals surface area contributed by atoms with E-state index in [1.807, 2.05) is 13.8 Å². The van der Waals surface area contributed by atoms with Gasteiger partial charge >= 0.3 is 0 Å². The van der Waals surface area contributed by atoms with Gasteiger partial charge in [0, 0.05) is 19.2 Å². The SMILES string of the molecule is CC1CN(C(=O)CN2C(=O)c3cccc([N+](=O)[O-])c3C2=O)CC(C)O1. The first-order chi connectivity index (χ1) is 11.8. The van der Waals surface area contributed by atoms with Gasteiger partial charge in [0.1, 0.15) is 12.1 Å². The number of carbonyl (C=O) groups is 3. The highest BCUT2D eigenvalue weighted by Crippen LogP contribution is 2.30. The zero-order chi connectivity index (χ0) is 18.3. The van der Waals surface area contributed by atoms with Crippen LogP contribution in [0.2, 0.25) is 0 Å². The number of imide groups is 1. The van der Waals surface area contributed by atoms with E-state index < -0.39 is 29.0 Å². The number of nitrogens with zero attached hydrogens (tertiary/aromatic N) is 3. The highest BCUT2D eigenvalue weighted by atomic mass is 16.6. The van der Waals surface area contributed by atoms with Crippen molar-refractivity contribution in [1.29, 1.82) is 0 Å². The van der Waals surface area contributed by atoms with Gasteiger partial charge in [0.25, 0.3) is 17.5 Å². The third-order valence-electron chi connectivity index (χ3n) is 4.24. The highest BCUT2D eigenvalue weighted by molar-refractivity contribution is 6.24. The first-order valence-corrected chi connectivity index (χ1v) is 7.86. The molecule has 9 heteroatoms. The average molecular weight is 347 g/mol. The molecule has 0 aliphatic carbocycles. The fraction of sp³-hybridized carbons (Fsp3) is 0.438. The number of nitro benzene ring substituents is 1. The van der Waals surface area contributed by atoms with E-state index in [0.29, 0.717) is 13.1 Å². The van der Waals surface area contributed by atoms with Crippen molar-refractivity contribution in [3.8, 4) is 0 Å². The van der Waals surface area contributed by atoms with Gasteiger partial charge in [0.05, 0.1) is 22.7 Å². The van der Waals surface area contributed by atoms with E-state index in [1.54, 1.807) is 0 Å². The first-order valence-electron chi connectivity index (χ1n) is 7.86. The topological polar surface area (TPSA) is 110 Å². The molecule has 0 bridgehead atoms. The molecule has 1 saturated heterocycles. The molecule has 2 aliphatic heterocycles. The van der Waals surface area contributed by atoms with Gasteiger partial charge in [0.15, 0.2) is 0 Å². The molecule has 0 aromatic heterocycles. The number of ether oxygens (including phenoxy) is 1. The number of hydrogen-bond donors (Lipinski definition) is 0. The lowest BCUT2D eigenvalue weighted by molar-refractivity contribution is -0.385. The Morgan fingerprint density at radius 1 is 1.24 bits per heavy atom. The van der Waals surface area contributed by atoms with Crippen molar-refractivity contribution < 1.29 is 24.0 Å². The minimum Gasteiger partial charge on any atom is -0.372 e. The number of fused-ring (bicyclic) bond motifs is 1. The van der Waals surface area contributed by atoms with Gasteiger partial charge in [-0.1, -0.05) is 6.07 Å². The molecule has 1 fully saturated rings. The van der Waals surface area contributed by atoms with Crippen LogP contribution >= 0.6 is 0 Å². The lowest BCUT2D eigenvalue weighted by atomic mass is 10.1. The van der Waals surface area contributed by atoms with E-state index in [0.717, 1.165) is 4.90 Å². The van der Waals surface area contributed by atoms with Crippen LogP contribution in [-0.2, 0) is 9.53 Å². The monoisotopic (exact) mass is 347 g/mol. The summed E-state index contributed by atoms with van der Waals surface area (Å²) in [6.45, 7) is 3.96. The van der Waals surface area contributed by atoms with Gasteiger partial charge in [-0.05, 0) is 19.9 Å². The number of amides is 3. The Bertz CT molecular complexity index is 767. The Morgan fingerprint density at radius 2 is 1.88 bits per heavy atom. The van der Waals surface area contributed by atoms with E-state index in [2.05, 4.69) is 0 Å². The second kappa shape index (κ2) is 6.25. The number of benzene rings is 1. The largest absolute Gasteiger partial charge is 0.372 e. The van der Waals surface area contributed by atoms with Crippen LogP contribution < -0.4 is 0 Å². The number of carbonyl (C=O) groups excluding carboxylic acids is 3. The van der Waals surface area contributed by atoms with E-state index in [4.69, 9.17) is 4.74 Å². The molecule has 2 aliphatic rings. The number of rotatable bonds is 3. The molecule has 25 heavy (non-hydrogen) atoms. The van der Waals surface area contributed by atoms with Crippen LogP contribution in [0.4, 0.5) is 5.69 Å². The van der Waals surface area contributed by atoms with Gasteiger partial charge in [0.2, 0.25) is 5.91 Å². The predicted molar refractivity (Wildman–Crippen MR) is 85.1 cm³/mol. The van der Waals surface area contributed by atoms with E-state index in [-0.39, 0.29) is 29.2 Å². The molecular weight excluding hydrogens is 330 g/mol. The Hall–Kier alpha value is -2.81. The zero-order valence-corrected chi connectivity index (χ0v) is 13.8. The van der Waals surface area contributed by atoms with Gasteiger partial charge in [-0.2, -0.15) is 0 Å². The molecule has 3 rings (SSSR count). The molecule has 1 aromatic carbocycles. The van der Waals surface area contributed by atoms with Crippen LogP contribution in [0.25, 0.3) is 0 Å². The van der Waals surface area contributed by atoms with Crippen LogP contribution in [0.15, 0.2) is 18.2 Å². The van der Waals surface area contributed by atoms with Crippen molar-refractivity contribution in [3.63, 3.8) is 0 Å². The Kier molecular flexibility index (Phi) is 4.25. The van der Waals surface area contributed by atoms with Gasteiger partial charge in [-0.3, -0.25) is 29.4 Å². The molecule has 2 heterocycles. The number of morpholine rings is 1. The van der Waals surface area contributed by atoms with Crippen molar-refractivity contribution in [2.45, 2.75) is 26.1 Å². The third kappa shape index (κ3) is 2.98. The fourth-order valence-electron chi connectivity index (χ4n) is 3.23. The maximum Gasteiger partial charge on any atom is 0.282 e. The maximum atomic E-state index is 12.5. The second-order valence-electron chi connectivity index (χ2n) is 6.21. The summed E-state index contributed by atoms with van der Waals surface area (Å²) in [7, 11) is 0. The molecule has 3 amide bonds. The zero-order valence-electron chi connectivity index (χ0n) is 13.8. The molecule has 0 radical (unpaired) electrons. The van der Waals surface area contributed by atoms with E-state index in [9.17, 15) is 24.5 Å². The average Bonchev–Trinajstić information content (AvgIpc) is 2.79. The molecular formula is C16H17N3O6. The Morgan fingerprint density at radius 3 is 2.48 bits per heavy atom. The smallest absolute Gasteiger partial charge is 0.282 e. The summed E-state index contributed by atoms with van der Waals surface area (Å²) in [5.41, 5.74) is -0.732. The number of nitro groups is 1. The van der Waals surface area contributed by atoms with Crippen molar-refractivity contribution in [2.24, 2.45) is 0 Å². The molecule has 1 aromatic rings. The van der Waals surface area contributed by atoms with Crippen molar-refractivity contribution in [3.05, 3.63) is 39.4 Å². The van der Waals surface area contributed by atoms with E-state index in [1.165, 1.54) is 23.1 Å². The lowest BCUT2D eigenvalue weighted by Gasteiger charge is -2.35. The summed E-state index contributed by atoms with van der Waals surface area (Å²) in [5, 5.41) is 11.1. The van der Waals surface area contributed by atoms with Gasteiger partial charge in [-0.25, -0.2) is 0 Å². The van der Waals surface area contributed by atoms with Gasteiger partial charge in [-0.15, -0.1) is 0 Å². The summed E-state index contributed by atoms with van der Waals surface area (Å²) >= 11 is 0. The summed E-state index contributed by atoms with van der Waals surface area (Å²) < 4.78 is 5.56. The lowest BCUT2D eigenvalue weighted by Crippen LogP contribution is -2.51. The quantitative estimate of drug-likeness (QED) is 0.455. The van der Waals surface area contributed by atoms with Crippen LogP contribution in [0, 0.1) is 10.1 Å². The van der Waals surface area contributed by atoms with E-state index >= 15 is 0 Å². The minimum absolute atomic E-state index is 0.0456. The van der Waals surface area contributed by atoms with Crippen LogP contribution in [0.3, 0.4) is 0 Å². The van der Waals surface area contributed by atoms with Crippen molar-refractivity contribution >= 4 is 23.4 Å². The molecule has 0 spiro atoms. The molecule has 0 saturated carbocycles. The maximum absolute atomic E-state index is 12.5. The summed E-state index contributed by atoms with van der Waals surface area (Å²) in [6, 6.07) is 3.87. The third-order valence-corrected chi connectivity index (χ3v) is 4.24. The van der Waals surface area contributed by atoms with Gasteiger partial charge < -0.3 is 9.64 Å². The molecule has 2 unspecified atom stereocenters. The Labute approximate surface area is 143 Å². The van der Waals surface area contributed by atoms with Crippen LogP contribution in [-0.4, -0.2) is 64.3 Å². The summed E-state index contributed by atoms with van der Waals surface area (Å²) in [6.07, 6.45) is -0.285. The standard InChI is InChI=1S/C16H17N3O6/c1-9-6-17(7-10(2)25-9)13(20)8-18-15(21)11-4-3-5-12(19(23)24)14(11)16(18)22/h3-5,9-10H,6-8H2,1-2H3. The van der Waals surface area contributed by atoms with Crippen molar-refractivity contribution in [2.75, 3.05) is 19.6 Å². The predicted octanol–water partition coefficient (Wildman–Crippen LogP) is 0.827. The summed E-state index contributed by atoms with van der Waals surface area (Å²) in [5.74, 6) is -1.89. The summed E-state index contributed by atoms with van der Waals surface area (Å²) in [4.78, 5) is 50.1. The van der Waals surface area contributed by atoms with Crippen LogP contribution in [0.1, 0.15) is 34.6 Å². The first kappa shape index (κ1) is 17.0. The Balaban J connectivity index is 1.82. The van der Waals surface area contributed by atoms with Crippen molar-refractivity contribution in [1.82, 2.24) is 9.80 Å². The molecule has 0 N–H and O–H groups in total. The number of hydrogen-bond acceptors (Lipinski definition) is 6. The fourth-order valence-corrected chi connectivity index (χ4v) is 3.23. The minimum atomic E-state index is -0.810. The second-order valence-corrected chi connectivity index (χ2v) is 6.21. The molecule has 9 nitrogen and oxygen atoms in total. The van der Waals surface area contributed by atoms with Crippen LogP contribution in [0.5, 0.6) is 0 Å². The highest BCUT2D eigenvalue weighted by Gasteiger charge is 2.42. The molecule has 2 atom stereocenters. The molecule has 132 valence electrons.